The van der Waals surface area contributed by atoms with Gasteiger partial charge in [-0.2, -0.15) is 4.98 Å². The molecule has 0 aliphatic carbocycles. The van der Waals surface area contributed by atoms with Crippen LogP contribution in [0, 0.1) is 19.7 Å². The van der Waals surface area contributed by atoms with Crippen LogP contribution in [0.4, 0.5) is 4.39 Å². The van der Waals surface area contributed by atoms with Gasteiger partial charge < -0.3 is 9.42 Å². The second-order valence-electron chi connectivity index (χ2n) is 7.09. The molecule has 1 saturated heterocycles. The topological polar surface area (TPSA) is 59.2 Å². The number of aromatic nitrogens is 2. The average molecular weight is 400 g/mol. The minimum absolute atomic E-state index is 0.0357. The summed E-state index contributed by atoms with van der Waals surface area (Å²) in [5.41, 5.74) is 3.85. The first-order valence-corrected chi connectivity index (χ1v) is 9.45. The third kappa shape index (κ3) is 3.52. The molecule has 0 radical (unpaired) electrons. The summed E-state index contributed by atoms with van der Waals surface area (Å²) in [4.78, 5) is 18.7. The Kier molecular flexibility index (Phi) is 4.89. The van der Waals surface area contributed by atoms with Crippen molar-refractivity contribution in [2.45, 2.75) is 39.3 Å². The molecule has 1 fully saturated rings. The zero-order chi connectivity index (χ0) is 19.8. The lowest BCUT2D eigenvalue weighted by Crippen LogP contribution is -2.27. The maximum atomic E-state index is 13.7. The lowest BCUT2D eigenvalue weighted by molar-refractivity contribution is -0.130. The van der Waals surface area contributed by atoms with Gasteiger partial charge in [-0.3, -0.25) is 4.79 Å². The molecule has 0 spiro atoms. The predicted molar refractivity (Wildman–Crippen MR) is 103 cm³/mol. The minimum Gasteiger partial charge on any atom is -0.337 e. The molecule has 4 rings (SSSR count). The lowest BCUT2D eigenvalue weighted by atomic mass is 10.0. The molecular formula is C21H19ClFN3O2. The van der Waals surface area contributed by atoms with E-state index in [0.717, 1.165) is 16.7 Å². The van der Waals surface area contributed by atoms with Gasteiger partial charge >= 0.3 is 0 Å². The normalized spacial score (nSPS) is 16.8. The van der Waals surface area contributed by atoms with E-state index in [1.165, 1.54) is 12.1 Å². The van der Waals surface area contributed by atoms with Crippen molar-refractivity contribution in [1.82, 2.24) is 15.0 Å². The van der Waals surface area contributed by atoms with Crippen molar-refractivity contribution in [2.24, 2.45) is 0 Å². The maximum absolute atomic E-state index is 13.7. The van der Waals surface area contributed by atoms with Gasteiger partial charge in [0.15, 0.2) is 0 Å². The molecule has 1 aromatic heterocycles. The Labute approximate surface area is 167 Å². The van der Waals surface area contributed by atoms with E-state index in [1.807, 2.05) is 13.8 Å². The van der Waals surface area contributed by atoms with Crippen molar-refractivity contribution in [3.63, 3.8) is 0 Å². The van der Waals surface area contributed by atoms with Crippen LogP contribution < -0.4 is 0 Å². The molecule has 0 saturated carbocycles. The molecule has 1 aliphatic heterocycles. The van der Waals surface area contributed by atoms with Gasteiger partial charge in [0, 0.05) is 18.5 Å². The molecule has 2 aromatic carbocycles. The summed E-state index contributed by atoms with van der Waals surface area (Å²) in [5, 5.41) is 4.00. The van der Waals surface area contributed by atoms with Gasteiger partial charge in [0.1, 0.15) is 11.9 Å². The van der Waals surface area contributed by atoms with Gasteiger partial charge in [-0.1, -0.05) is 40.5 Å². The molecule has 5 nitrogen and oxygen atoms in total. The number of nitrogens with zero attached hydrogens (tertiary/aromatic N) is 3. The molecule has 144 valence electrons. The summed E-state index contributed by atoms with van der Waals surface area (Å²) >= 11 is 5.73. The Bertz CT molecular complexity index is 1050. The van der Waals surface area contributed by atoms with Crippen LogP contribution in [0.3, 0.4) is 0 Å². The first kappa shape index (κ1) is 18.6. The van der Waals surface area contributed by atoms with Crippen LogP contribution in [-0.4, -0.2) is 20.9 Å². The van der Waals surface area contributed by atoms with Crippen molar-refractivity contribution in [3.8, 4) is 11.4 Å². The highest BCUT2D eigenvalue weighted by molar-refractivity contribution is 6.30. The first-order chi connectivity index (χ1) is 13.4. The molecule has 2 heterocycles. The molecular weight excluding hydrogens is 381 g/mol. The van der Waals surface area contributed by atoms with Gasteiger partial charge in [0.05, 0.1) is 5.02 Å². The highest BCUT2D eigenvalue weighted by Gasteiger charge is 2.36. The molecule has 0 N–H and O–H groups in total. The Hall–Kier alpha value is -2.73. The van der Waals surface area contributed by atoms with Crippen molar-refractivity contribution < 1.29 is 13.7 Å². The zero-order valence-electron chi connectivity index (χ0n) is 15.6. The molecule has 1 amide bonds. The van der Waals surface area contributed by atoms with Gasteiger partial charge in [0.25, 0.3) is 0 Å². The van der Waals surface area contributed by atoms with Crippen molar-refractivity contribution in [1.29, 1.82) is 0 Å². The number of carbonyl (C=O) groups is 1. The molecule has 3 aromatic rings. The van der Waals surface area contributed by atoms with Gasteiger partial charge in [-0.05, 0) is 49.6 Å². The molecule has 7 heteroatoms. The summed E-state index contributed by atoms with van der Waals surface area (Å²) in [6.07, 6.45) is 1.04. The predicted octanol–water partition coefficient (Wildman–Crippen LogP) is 5.01. The summed E-state index contributed by atoms with van der Waals surface area (Å²) in [7, 11) is 0. The van der Waals surface area contributed by atoms with E-state index in [1.54, 1.807) is 11.0 Å². The number of hydrogen-bond donors (Lipinski definition) is 0. The zero-order valence-corrected chi connectivity index (χ0v) is 16.3. The number of aryl methyl sites for hydroxylation is 2. The van der Waals surface area contributed by atoms with Crippen molar-refractivity contribution in [3.05, 3.63) is 69.8 Å². The second kappa shape index (κ2) is 7.36. The van der Waals surface area contributed by atoms with E-state index in [4.69, 9.17) is 16.1 Å². The SMILES string of the molecule is Cc1ccc(C)c(CN2C(=O)CCC2c2nc(-c3ccc(Cl)c(F)c3)no2)c1. The second-order valence-corrected chi connectivity index (χ2v) is 7.50. The fraction of sp³-hybridized carbons (Fsp3) is 0.286. The van der Waals surface area contributed by atoms with Crippen LogP contribution in [0.2, 0.25) is 5.02 Å². The van der Waals surface area contributed by atoms with Crippen LogP contribution in [0.15, 0.2) is 40.9 Å². The van der Waals surface area contributed by atoms with E-state index in [9.17, 15) is 9.18 Å². The van der Waals surface area contributed by atoms with Crippen LogP contribution in [0.5, 0.6) is 0 Å². The van der Waals surface area contributed by atoms with E-state index < -0.39 is 5.82 Å². The molecule has 1 atom stereocenters. The molecule has 28 heavy (non-hydrogen) atoms. The van der Waals surface area contributed by atoms with E-state index in [0.29, 0.717) is 30.8 Å². The Morgan fingerprint density at radius 1 is 1.25 bits per heavy atom. The van der Waals surface area contributed by atoms with Gasteiger partial charge in [0.2, 0.25) is 17.6 Å². The molecule has 1 unspecified atom stereocenters. The first-order valence-electron chi connectivity index (χ1n) is 9.07. The summed E-state index contributed by atoms with van der Waals surface area (Å²) in [5.74, 6) is 0.152. The highest BCUT2D eigenvalue weighted by Crippen LogP contribution is 2.35. The number of halogens is 2. The monoisotopic (exact) mass is 399 g/mol. The standard InChI is InChI=1S/C21H19ClFN3O2/c1-12-3-4-13(2)15(9-12)11-26-18(7-8-19(26)27)21-24-20(25-28-21)14-5-6-16(22)17(23)10-14/h3-6,9-10,18H,7-8,11H2,1-2H3. The van der Waals surface area contributed by atoms with E-state index in [-0.39, 0.29) is 22.8 Å². The van der Waals surface area contributed by atoms with Gasteiger partial charge in [-0.25, -0.2) is 4.39 Å². The van der Waals surface area contributed by atoms with E-state index in [2.05, 4.69) is 28.3 Å². The quantitative estimate of drug-likeness (QED) is 0.618. The highest BCUT2D eigenvalue weighted by atomic mass is 35.5. The number of amides is 1. The van der Waals surface area contributed by atoms with Crippen LogP contribution >= 0.6 is 11.6 Å². The minimum atomic E-state index is -0.543. The van der Waals surface area contributed by atoms with E-state index >= 15 is 0 Å². The molecule has 1 aliphatic rings. The number of hydrogen-bond acceptors (Lipinski definition) is 4. The fourth-order valence-corrected chi connectivity index (χ4v) is 3.58. The van der Waals surface area contributed by atoms with Crippen LogP contribution in [0.25, 0.3) is 11.4 Å². The largest absolute Gasteiger partial charge is 0.337 e. The third-order valence-electron chi connectivity index (χ3n) is 5.08. The number of benzene rings is 2. The van der Waals surface area contributed by atoms with Crippen molar-refractivity contribution >= 4 is 17.5 Å². The van der Waals surface area contributed by atoms with Crippen LogP contribution in [0.1, 0.15) is 41.5 Å². The lowest BCUT2D eigenvalue weighted by Gasteiger charge is -2.23. The number of likely N-dealkylation sites (tertiary alicyclic amines) is 1. The Morgan fingerprint density at radius 2 is 2.07 bits per heavy atom. The summed E-state index contributed by atoms with van der Waals surface area (Å²) in [6, 6.07) is 10.3. The number of carbonyl (C=O) groups excluding carboxylic acids is 1. The smallest absolute Gasteiger partial charge is 0.249 e. The maximum Gasteiger partial charge on any atom is 0.249 e. The summed E-state index contributed by atoms with van der Waals surface area (Å²) < 4.78 is 19.2. The molecule has 0 bridgehead atoms. The Balaban J connectivity index is 1.61. The Morgan fingerprint density at radius 3 is 2.86 bits per heavy atom. The van der Waals surface area contributed by atoms with Crippen molar-refractivity contribution in [2.75, 3.05) is 0 Å². The third-order valence-corrected chi connectivity index (χ3v) is 5.38. The number of rotatable bonds is 4. The average Bonchev–Trinajstić information content (AvgIpc) is 3.28. The summed E-state index contributed by atoms with van der Waals surface area (Å²) in [6.45, 7) is 4.55. The van der Waals surface area contributed by atoms with Gasteiger partial charge in [-0.15, -0.1) is 0 Å². The van der Waals surface area contributed by atoms with Crippen LogP contribution in [-0.2, 0) is 11.3 Å². The fourth-order valence-electron chi connectivity index (χ4n) is 3.47.